The Morgan fingerprint density at radius 3 is 3.05 bits per heavy atom. The van der Waals surface area contributed by atoms with Gasteiger partial charge in [0.1, 0.15) is 0 Å². The number of amides is 1. The largest absolute Gasteiger partial charge is 0.472 e. The predicted molar refractivity (Wildman–Crippen MR) is 87.5 cm³/mol. The maximum absolute atomic E-state index is 11.7. The molecule has 4 nitrogen and oxygen atoms in total. The minimum absolute atomic E-state index is 0.176. The Balaban J connectivity index is 1.60. The number of furan rings is 1. The van der Waals surface area contributed by atoms with E-state index in [0.717, 1.165) is 21.2 Å². The second kappa shape index (κ2) is 6.60. The summed E-state index contributed by atoms with van der Waals surface area (Å²) in [5, 5.41) is 15.9. The fourth-order valence-electron chi connectivity index (χ4n) is 2.16. The number of hydrogen-bond donors (Lipinski definition) is 2. The van der Waals surface area contributed by atoms with E-state index in [-0.39, 0.29) is 12.5 Å². The van der Waals surface area contributed by atoms with Crippen molar-refractivity contribution in [2.75, 3.05) is 6.54 Å². The summed E-state index contributed by atoms with van der Waals surface area (Å²) in [4.78, 5) is 11.7. The molecule has 0 saturated heterocycles. The number of carbonyl (C=O) groups is 1. The molecular weight excluding hydrogens is 298 g/mol. The zero-order chi connectivity index (χ0) is 15.4. The summed E-state index contributed by atoms with van der Waals surface area (Å²) in [7, 11) is 0. The van der Waals surface area contributed by atoms with Gasteiger partial charge in [0.05, 0.1) is 18.6 Å². The summed E-state index contributed by atoms with van der Waals surface area (Å²) in [6.45, 7) is 0.176. The Hall–Kier alpha value is -2.37. The van der Waals surface area contributed by atoms with Crippen molar-refractivity contribution in [3.8, 4) is 0 Å². The Bertz CT molecular complexity index is 789. The van der Waals surface area contributed by atoms with Crippen LogP contribution in [0.15, 0.2) is 58.7 Å². The van der Waals surface area contributed by atoms with Crippen LogP contribution in [0.25, 0.3) is 16.2 Å². The van der Waals surface area contributed by atoms with Gasteiger partial charge in [-0.1, -0.05) is 18.2 Å². The zero-order valence-electron chi connectivity index (χ0n) is 11.7. The first kappa shape index (κ1) is 14.6. The van der Waals surface area contributed by atoms with Gasteiger partial charge in [-0.25, -0.2) is 0 Å². The molecule has 5 heteroatoms. The van der Waals surface area contributed by atoms with Crippen LogP contribution in [0.3, 0.4) is 0 Å². The van der Waals surface area contributed by atoms with E-state index in [1.54, 1.807) is 36.0 Å². The number of thiophene rings is 1. The topological polar surface area (TPSA) is 62.5 Å². The molecule has 3 aromatic rings. The minimum Gasteiger partial charge on any atom is -0.472 e. The highest BCUT2D eigenvalue weighted by molar-refractivity contribution is 7.17. The molecule has 0 spiro atoms. The summed E-state index contributed by atoms with van der Waals surface area (Å²) >= 11 is 1.59. The molecule has 2 heterocycles. The summed E-state index contributed by atoms with van der Waals surface area (Å²) in [5.41, 5.74) is 1.67. The lowest BCUT2D eigenvalue weighted by molar-refractivity contribution is -0.116. The Kier molecular flexibility index (Phi) is 4.37. The number of benzene rings is 1. The highest BCUT2D eigenvalue weighted by atomic mass is 32.1. The van der Waals surface area contributed by atoms with E-state index < -0.39 is 6.10 Å². The first-order chi connectivity index (χ1) is 10.7. The Morgan fingerprint density at radius 2 is 2.23 bits per heavy atom. The SMILES string of the molecule is O=C(/C=C/c1ccoc1)NC[C@@H](O)c1csc2ccccc12. The molecule has 0 aliphatic carbocycles. The lowest BCUT2D eigenvalue weighted by Crippen LogP contribution is -2.26. The first-order valence-corrected chi connectivity index (χ1v) is 7.74. The predicted octanol–water partition coefficient (Wildman–Crippen LogP) is 3.36. The minimum atomic E-state index is -0.720. The highest BCUT2D eigenvalue weighted by Crippen LogP contribution is 2.29. The third-order valence-corrected chi connectivity index (χ3v) is 4.29. The third kappa shape index (κ3) is 3.27. The summed E-state index contributed by atoms with van der Waals surface area (Å²) in [5.74, 6) is -0.250. The van der Waals surface area contributed by atoms with E-state index in [2.05, 4.69) is 5.32 Å². The van der Waals surface area contributed by atoms with Crippen LogP contribution in [0.1, 0.15) is 17.2 Å². The monoisotopic (exact) mass is 313 g/mol. The van der Waals surface area contributed by atoms with Gasteiger partial charge < -0.3 is 14.8 Å². The number of hydrogen-bond acceptors (Lipinski definition) is 4. The van der Waals surface area contributed by atoms with Gasteiger partial charge in [-0.3, -0.25) is 4.79 Å². The maximum Gasteiger partial charge on any atom is 0.244 e. The number of aliphatic hydroxyl groups excluding tert-OH is 1. The maximum atomic E-state index is 11.7. The Morgan fingerprint density at radius 1 is 1.36 bits per heavy atom. The molecule has 2 N–H and O–H groups in total. The van der Waals surface area contributed by atoms with E-state index in [1.807, 2.05) is 29.6 Å². The van der Waals surface area contributed by atoms with E-state index in [0.29, 0.717) is 0 Å². The molecule has 0 fully saturated rings. The molecule has 0 bridgehead atoms. The molecular formula is C17H15NO3S. The molecule has 0 aliphatic heterocycles. The summed E-state index contributed by atoms with van der Waals surface area (Å²) < 4.78 is 6.04. The van der Waals surface area contributed by atoms with Crippen LogP contribution in [0.2, 0.25) is 0 Å². The van der Waals surface area contributed by atoms with Crippen LogP contribution in [0.5, 0.6) is 0 Å². The lowest BCUT2D eigenvalue weighted by atomic mass is 10.1. The van der Waals surface area contributed by atoms with Crippen molar-refractivity contribution >= 4 is 33.4 Å². The summed E-state index contributed by atoms with van der Waals surface area (Å²) in [6.07, 6.45) is 5.45. The number of aliphatic hydroxyl groups is 1. The van der Waals surface area contributed by atoms with E-state index >= 15 is 0 Å². The number of fused-ring (bicyclic) bond motifs is 1. The van der Waals surface area contributed by atoms with Gasteiger partial charge in [0.25, 0.3) is 0 Å². The van der Waals surface area contributed by atoms with Crippen molar-refractivity contribution in [2.24, 2.45) is 0 Å². The van der Waals surface area contributed by atoms with Crippen LogP contribution >= 0.6 is 11.3 Å². The molecule has 0 radical (unpaired) electrons. The van der Waals surface area contributed by atoms with Gasteiger partial charge in [-0.05, 0) is 29.0 Å². The molecule has 22 heavy (non-hydrogen) atoms. The third-order valence-electron chi connectivity index (χ3n) is 3.31. The Labute approximate surface area is 131 Å². The zero-order valence-corrected chi connectivity index (χ0v) is 12.5. The molecule has 2 aromatic heterocycles. The quantitative estimate of drug-likeness (QED) is 0.710. The number of rotatable bonds is 5. The molecule has 1 amide bonds. The van der Waals surface area contributed by atoms with Crippen LogP contribution in [0.4, 0.5) is 0 Å². The first-order valence-electron chi connectivity index (χ1n) is 6.86. The van der Waals surface area contributed by atoms with E-state index in [1.165, 1.54) is 6.08 Å². The molecule has 1 atom stereocenters. The molecule has 3 rings (SSSR count). The van der Waals surface area contributed by atoms with Crippen molar-refractivity contribution < 1.29 is 14.3 Å². The van der Waals surface area contributed by atoms with Crippen LogP contribution in [-0.4, -0.2) is 17.6 Å². The molecule has 1 aromatic carbocycles. The van der Waals surface area contributed by atoms with Gasteiger partial charge >= 0.3 is 0 Å². The van der Waals surface area contributed by atoms with Crippen molar-refractivity contribution in [3.05, 3.63) is 65.4 Å². The van der Waals surface area contributed by atoms with Crippen LogP contribution in [-0.2, 0) is 4.79 Å². The smallest absolute Gasteiger partial charge is 0.244 e. The molecule has 0 saturated carbocycles. The van der Waals surface area contributed by atoms with Gasteiger partial charge in [-0.2, -0.15) is 0 Å². The van der Waals surface area contributed by atoms with Gasteiger partial charge in [-0.15, -0.1) is 11.3 Å². The van der Waals surface area contributed by atoms with Crippen molar-refractivity contribution in [2.45, 2.75) is 6.10 Å². The fraction of sp³-hybridized carbons (Fsp3) is 0.118. The second-order valence-electron chi connectivity index (χ2n) is 4.84. The van der Waals surface area contributed by atoms with Gasteiger partial charge in [0, 0.05) is 28.4 Å². The van der Waals surface area contributed by atoms with Crippen molar-refractivity contribution in [1.29, 1.82) is 0 Å². The lowest BCUT2D eigenvalue weighted by Gasteiger charge is -2.10. The van der Waals surface area contributed by atoms with Crippen LogP contribution in [0, 0.1) is 0 Å². The molecule has 112 valence electrons. The average Bonchev–Trinajstić information content (AvgIpc) is 3.19. The van der Waals surface area contributed by atoms with Gasteiger partial charge in [0.2, 0.25) is 5.91 Å². The normalized spacial score (nSPS) is 12.8. The van der Waals surface area contributed by atoms with E-state index in [9.17, 15) is 9.90 Å². The van der Waals surface area contributed by atoms with Crippen molar-refractivity contribution in [1.82, 2.24) is 5.32 Å². The number of carbonyl (C=O) groups excluding carboxylic acids is 1. The average molecular weight is 313 g/mol. The second-order valence-corrected chi connectivity index (χ2v) is 5.75. The fourth-order valence-corrected chi connectivity index (χ4v) is 3.17. The van der Waals surface area contributed by atoms with Gasteiger partial charge in [0.15, 0.2) is 0 Å². The summed E-state index contributed by atoms with van der Waals surface area (Å²) in [6, 6.07) is 9.67. The van der Waals surface area contributed by atoms with Crippen LogP contribution < -0.4 is 5.32 Å². The van der Waals surface area contributed by atoms with Crippen molar-refractivity contribution in [3.63, 3.8) is 0 Å². The molecule has 0 unspecified atom stereocenters. The number of nitrogens with one attached hydrogen (secondary N) is 1. The standard InChI is InChI=1S/C17H15NO3S/c19-15(14-11-22-16-4-2-1-3-13(14)16)9-18-17(20)6-5-12-7-8-21-10-12/h1-8,10-11,15,19H,9H2,(H,18,20)/b6-5+/t15-/m1/s1. The van der Waals surface area contributed by atoms with E-state index in [4.69, 9.17) is 4.42 Å². The molecule has 0 aliphatic rings. The highest BCUT2D eigenvalue weighted by Gasteiger charge is 2.13.